The maximum atomic E-state index is 5.70. The first kappa shape index (κ1) is 13.8. The highest BCUT2D eigenvalue weighted by molar-refractivity contribution is 5.36. The second-order valence-electron chi connectivity index (χ2n) is 4.48. The van der Waals surface area contributed by atoms with Crippen molar-refractivity contribution < 1.29 is 9.47 Å². The third-order valence-corrected chi connectivity index (χ3v) is 2.83. The number of ether oxygens (including phenoxy) is 2. The van der Waals surface area contributed by atoms with Gasteiger partial charge >= 0.3 is 0 Å². The fraction of sp³-hybridized carbons (Fsp3) is 0.500. The minimum Gasteiger partial charge on any atom is -0.489 e. The summed E-state index contributed by atoms with van der Waals surface area (Å²) in [6, 6.07) is 1.86. The van der Waals surface area contributed by atoms with Crippen LogP contribution in [0.4, 0.5) is 0 Å². The summed E-state index contributed by atoms with van der Waals surface area (Å²) in [4.78, 5) is 6.33. The fourth-order valence-electron chi connectivity index (χ4n) is 1.88. The van der Waals surface area contributed by atoms with Crippen LogP contribution in [0.15, 0.2) is 18.5 Å². The molecule has 2 N–H and O–H groups in total. The van der Waals surface area contributed by atoms with E-state index in [1.54, 1.807) is 12.4 Å². The van der Waals surface area contributed by atoms with Crippen LogP contribution in [0.1, 0.15) is 5.56 Å². The molecular weight excluding hydrogens is 242 g/mol. The van der Waals surface area contributed by atoms with E-state index in [1.165, 1.54) is 0 Å². The Morgan fingerprint density at radius 3 is 3.26 bits per heavy atom. The molecule has 1 aromatic heterocycles. The van der Waals surface area contributed by atoms with Crippen molar-refractivity contribution in [1.29, 1.82) is 0 Å². The Kier molecular flexibility index (Phi) is 5.16. The quantitative estimate of drug-likeness (QED) is 0.782. The number of hydrogen-bond donors (Lipinski definition) is 1. The summed E-state index contributed by atoms with van der Waals surface area (Å²) >= 11 is 0. The molecule has 5 nitrogen and oxygen atoms in total. The minimum atomic E-state index is 0.109. The van der Waals surface area contributed by atoms with Gasteiger partial charge in [-0.25, -0.2) is 0 Å². The van der Waals surface area contributed by atoms with Crippen LogP contribution in [0, 0.1) is 11.8 Å². The Morgan fingerprint density at radius 2 is 2.47 bits per heavy atom. The summed E-state index contributed by atoms with van der Waals surface area (Å²) in [5.74, 6) is 6.44. The molecule has 0 amide bonds. The topological polar surface area (TPSA) is 60.6 Å². The molecule has 1 aliphatic rings. The van der Waals surface area contributed by atoms with E-state index in [0.717, 1.165) is 25.3 Å². The van der Waals surface area contributed by atoms with Crippen molar-refractivity contribution in [3.05, 3.63) is 24.0 Å². The number of nitrogens with two attached hydrogens (primary N) is 1. The van der Waals surface area contributed by atoms with Crippen molar-refractivity contribution in [2.45, 2.75) is 6.10 Å². The molecule has 0 aliphatic carbocycles. The lowest BCUT2D eigenvalue weighted by Gasteiger charge is -2.29. The van der Waals surface area contributed by atoms with Gasteiger partial charge in [0, 0.05) is 24.8 Å². The Labute approximate surface area is 113 Å². The summed E-state index contributed by atoms with van der Waals surface area (Å²) in [5, 5.41) is 0. The number of pyridine rings is 1. The van der Waals surface area contributed by atoms with Gasteiger partial charge in [0.25, 0.3) is 0 Å². The number of hydrogen-bond acceptors (Lipinski definition) is 5. The van der Waals surface area contributed by atoms with Gasteiger partial charge in [-0.3, -0.25) is 4.98 Å². The van der Waals surface area contributed by atoms with E-state index in [4.69, 9.17) is 15.2 Å². The first-order chi connectivity index (χ1) is 9.28. The average Bonchev–Trinajstić information content (AvgIpc) is 2.43. The lowest BCUT2D eigenvalue weighted by atomic mass is 10.2. The van der Waals surface area contributed by atoms with E-state index < -0.39 is 0 Å². The van der Waals surface area contributed by atoms with E-state index in [9.17, 15) is 0 Å². The molecule has 2 rings (SSSR count). The largest absolute Gasteiger partial charge is 0.489 e. The van der Waals surface area contributed by atoms with Gasteiger partial charge < -0.3 is 20.1 Å². The summed E-state index contributed by atoms with van der Waals surface area (Å²) in [6.07, 6.45) is 3.48. The molecule has 0 aromatic carbocycles. The number of nitrogens with zero attached hydrogens (tertiary/aromatic N) is 2. The van der Waals surface area contributed by atoms with Crippen LogP contribution in [-0.2, 0) is 4.74 Å². The average molecular weight is 261 g/mol. The van der Waals surface area contributed by atoms with Gasteiger partial charge in [-0.2, -0.15) is 0 Å². The first-order valence-electron chi connectivity index (χ1n) is 6.35. The Bertz CT molecular complexity index is 467. The molecule has 1 unspecified atom stereocenters. The zero-order chi connectivity index (χ0) is 13.5. The van der Waals surface area contributed by atoms with Crippen molar-refractivity contribution in [2.24, 2.45) is 5.73 Å². The van der Waals surface area contributed by atoms with Gasteiger partial charge in [-0.15, -0.1) is 0 Å². The smallest absolute Gasteiger partial charge is 0.138 e. The van der Waals surface area contributed by atoms with Crippen molar-refractivity contribution in [2.75, 3.05) is 39.9 Å². The normalized spacial score (nSPS) is 19.6. The van der Waals surface area contributed by atoms with E-state index in [2.05, 4.69) is 28.8 Å². The summed E-state index contributed by atoms with van der Waals surface area (Å²) in [5.41, 5.74) is 6.15. The van der Waals surface area contributed by atoms with Gasteiger partial charge in [0.2, 0.25) is 0 Å². The molecule has 0 saturated carbocycles. The fourth-order valence-corrected chi connectivity index (χ4v) is 1.88. The molecule has 1 fully saturated rings. The summed E-state index contributed by atoms with van der Waals surface area (Å²) < 4.78 is 11.3. The second-order valence-corrected chi connectivity index (χ2v) is 4.48. The van der Waals surface area contributed by atoms with Crippen molar-refractivity contribution >= 4 is 0 Å². The molecule has 0 bridgehead atoms. The molecular formula is C14H19N3O2. The van der Waals surface area contributed by atoms with Crippen LogP contribution < -0.4 is 10.5 Å². The SMILES string of the molecule is CN1CCOC(COc2cncc(C#CCN)c2)C1. The predicted octanol–water partition coefficient (Wildman–Crippen LogP) is 0.101. The predicted molar refractivity (Wildman–Crippen MR) is 72.9 cm³/mol. The van der Waals surface area contributed by atoms with Crippen molar-refractivity contribution in [1.82, 2.24) is 9.88 Å². The molecule has 1 aliphatic heterocycles. The summed E-state index contributed by atoms with van der Waals surface area (Å²) in [7, 11) is 2.08. The molecule has 1 saturated heterocycles. The Balaban J connectivity index is 1.88. The third-order valence-electron chi connectivity index (χ3n) is 2.83. The molecule has 0 spiro atoms. The standard InChI is InChI=1S/C14H19N3O2/c1-17-5-6-18-14(10-17)11-19-13-7-12(3-2-4-15)8-16-9-13/h7-9,14H,4-6,10-11,15H2,1H3. The van der Waals surface area contributed by atoms with Crippen LogP contribution >= 0.6 is 0 Å². The molecule has 1 aromatic rings. The van der Waals surface area contributed by atoms with E-state index in [-0.39, 0.29) is 6.10 Å². The van der Waals surface area contributed by atoms with Gasteiger partial charge in [0.15, 0.2) is 0 Å². The highest BCUT2D eigenvalue weighted by atomic mass is 16.5. The highest BCUT2D eigenvalue weighted by Gasteiger charge is 2.18. The van der Waals surface area contributed by atoms with Crippen LogP contribution in [0.5, 0.6) is 5.75 Å². The van der Waals surface area contributed by atoms with E-state index in [1.807, 2.05) is 6.07 Å². The number of rotatable bonds is 3. The van der Waals surface area contributed by atoms with Crippen molar-refractivity contribution in [3.8, 4) is 17.6 Å². The zero-order valence-corrected chi connectivity index (χ0v) is 11.1. The third kappa shape index (κ3) is 4.52. The van der Waals surface area contributed by atoms with E-state index in [0.29, 0.717) is 18.9 Å². The van der Waals surface area contributed by atoms with Gasteiger partial charge in [0.05, 0.1) is 19.3 Å². The van der Waals surface area contributed by atoms with Crippen LogP contribution in [-0.4, -0.2) is 55.9 Å². The first-order valence-corrected chi connectivity index (χ1v) is 6.35. The Hall–Kier alpha value is -1.61. The molecule has 0 radical (unpaired) electrons. The van der Waals surface area contributed by atoms with Crippen LogP contribution in [0.2, 0.25) is 0 Å². The number of aromatic nitrogens is 1. The van der Waals surface area contributed by atoms with Gasteiger partial charge in [0.1, 0.15) is 18.5 Å². The molecule has 102 valence electrons. The zero-order valence-electron chi connectivity index (χ0n) is 11.1. The highest BCUT2D eigenvalue weighted by Crippen LogP contribution is 2.12. The van der Waals surface area contributed by atoms with Gasteiger partial charge in [-0.1, -0.05) is 11.8 Å². The maximum Gasteiger partial charge on any atom is 0.138 e. The second kappa shape index (κ2) is 7.10. The van der Waals surface area contributed by atoms with Crippen LogP contribution in [0.3, 0.4) is 0 Å². The molecule has 19 heavy (non-hydrogen) atoms. The molecule has 2 heterocycles. The lowest BCUT2D eigenvalue weighted by Crippen LogP contribution is -2.42. The van der Waals surface area contributed by atoms with Crippen LogP contribution in [0.25, 0.3) is 0 Å². The lowest BCUT2D eigenvalue weighted by molar-refractivity contribution is -0.0404. The minimum absolute atomic E-state index is 0.109. The molecule has 1 atom stereocenters. The van der Waals surface area contributed by atoms with Gasteiger partial charge in [-0.05, 0) is 13.1 Å². The maximum absolute atomic E-state index is 5.70. The number of likely N-dealkylation sites (N-methyl/N-ethyl adjacent to an activating group) is 1. The van der Waals surface area contributed by atoms with E-state index >= 15 is 0 Å². The Morgan fingerprint density at radius 1 is 1.58 bits per heavy atom. The van der Waals surface area contributed by atoms with Crippen molar-refractivity contribution in [3.63, 3.8) is 0 Å². The summed E-state index contributed by atoms with van der Waals surface area (Å²) in [6.45, 7) is 3.49. The monoisotopic (exact) mass is 261 g/mol. The number of morpholine rings is 1. The molecule has 5 heteroatoms.